The Morgan fingerprint density at radius 3 is 1.00 bits per heavy atom. The van der Waals surface area contributed by atoms with Gasteiger partial charge in [-0.1, -0.05) is 13.8 Å². The van der Waals surface area contributed by atoms with Gasteiger partial charge in [0, 0.05) is 0 Å². The highest BCUT2D eigenvalue weighted by atomic mass is 15.0. The van der Waals surface area contributed by atoms with E-state index in [0.29, 0.717) is 0 Å². The molecular formula is C5H14N. The van der Waals surface area contributed by atoms with E-state index in [-0.39, 0.29) is 0 Å². The molecule has 0 aromatic carbocycles. The monoisotopic (exact) mass is 88.1 g/mol. The van der Waals surface area contributed by atoms with Crippen molar-refractivity contribution in [3.63, 3.8) is 0 Å². The van der Waals surface area contributed by atoms with Crippen LogP contribution in [-0.4, -0.2) is 26.0 Å². The quantitative estimate of drug-likeness (QED) is 0.427. The Balaban J connectivity index is 0. The van der Waals surface area contributed by atoms with E-state index in [4.69, 9.17) is 0 Å². The van der Waals surface area contributed by atoms with Gasteiger partial charge >= 0.3 is 0 Å². The molecule has 0 aliphatic heterocycles. The Labute approximate surface area is 41.0 Å². The van der Waals surface area contributed by atoms with Crippen molar-refractivity contribution in [2.75, 3.05) is 21.1 Å². The topological polar surface area (TPSA) is 3.24 Å². The zero-order valence-corrected chi connectivity index (χ0v) is 5.15. The maximum absolute atomic E-state index is 3.25. The van der Waals surface area contributed by atoms with Gasteiger partial charge in [0.1, 0.15) is 0 Å². The zero-order valence-electron chi connectivity index (χ0n) is 5.15. The Hall–Kier alpha value is -0.0400. The molecule has 0 saturated heterocycles. The highest BCUT2D eigenvalue weighted by molar-refractivity contribution is 4.09. The van der Waals surface area contributed by atoms with Gasteiger partial charge in [0.25, 0.3) is 0 Å². The average Bonchev–Trinajstić information content (AvgIpc) is 1.41. The number of nitrogens with zero attached hydrogens (tertiary/aromatic N) is 1. The van der Waals surface area contributed by atoms with Crippen LogP contribution in [0.2, 0.25) is 0 Å². The van der Waals surface area contributed by atoms with E-state index in [1.54, 1.807) is 6.92 Å². The van der Waals surface area contributed by atoms with Crippen LogP contribution < -0.4 is 0 Å². The van der Waals surface area contributed by atoms with Crippen molar-refractivity contribution in [3.8, 4) is 0 Å². The minimum atomic E-state index is 1.75. The zero-order chi connectivity index (χ0) is 5.58. The van der Waals surface area contributed by atoms with Crippen LogP contribution in [0.5, 0.6) is 0 Å². The van der Waals surface area contributed by atoms with E-state index in [2.05, 4.69) is 6.92 Å². The minimum absolute atomic E-state index is 1.75. The molecule has 0 aromatic heterocycles. The molecule has 0 amide bonds. The summed E-state index contributed by atoms with van der Waals surface area (Å²) in [4.78, 5) is 2.00. The second-order valence-corrected chi connectivity index (χ2v) is 1.34. The van der Waals surface area contributed by atoms with Gasteiger partial charge in [-0.15, -0.1) is 0 Å². The second-order valence-electron chi connectivity index (χ2n) is 1.34. The van der Waals surface area contributed by atoms with Crippen LogP contribution in [0.15, 0.2) is 0 Å². The van der Waals surface area contributed by atoms with Crippen LogP contribution in [0.1, 0.15) is 6.92 Å². The normalized spacial score (nSPS) is 7.00. The smallest absolute Gasteiger partial charge is 0.0140 e. The minimum Gasteiger partial charge on any atom is -0.312 e. The van der Waals surface area contributed by atoms with Gasteiger partial charge in [0.2, 0.25) is 0 Å². The summed E-state index contributed by atoms with van der Waals surface area (Å²) in [5.74, 6) is 0. The molecule has 0 N–H and O–H groups in total. The molecule has 6 heavy (non-hydrogen) atoms. The van der Waals surface area contributed by atoms with Crippen LogP contribution >= 0.6 is 0 Å². The Morgan fingerprint density at radius 1 is 1.00 bits per heavy atom. The molecule has 1 radical (unpaired) electrons. The molecule has 1 heteroatoms. The molecule has 0 fully saturated rings. The van der Waals surface area contributed by atoms with E-state index in [1.165, 1.54) is 0 Å². The van der Waals surface area contributed by atoms with Gasteiger partial charge in [-0.05, 0) is 21.1 Å². The van der Waals surface area contributed by atoms with E-state index >= 15 is 0 Å². The van der Waals surface area contributed by atoms with Crippen molar-refractivity contribution >= 4 is 0 Å². The molecule has 0 unspecified atom stereocenters. The lowest BCUT2D eigenvalue weighted by molar-refractivity contribution is 0.505. The molecule has 0 aliphatic carbocycles. The lowest BCUT2D eigenvalue weighted by Gasteiger charge is -1.90. The fraction of sp³-hybridized carbons (Fsp3) is 0.800. The average molecular weight is 88.2 g/mol. The Bertz CT molecular complexity index is 8.66. The third-order valence-corrected chi connectivity index (χ3v) is 0. The molecule has 0 rings (SSSR count). The van der Waals surface area contributed by atoms with Crippen molar-refractivity contribution in [2.24, 2.45) is 0 Å². The number of rotatable bonds is 0. The molecule has 1 nitrogen and oxygen atoms in total. The van der Waals surface area contributed by atoms with Crippen LogP contribution in [0.3, 0.4) is 0 Å². The molecule has 0 aromatic rings. The molecule has 0 heterocycles. The van der Waals surface area contributed by atoms with Crippen molar-refractivity contribution in [2.45, 2.75) is 6.92 Å². The fourth-order valence-electron chi connectivity index (χ4n) is 0. The van der Waals surface area contributed by atoms with Gasteiger partial charge in [0.15, 0.2) is 0 Å². The largest absolute Gasteiger partial charge is 0.312 e. The Morgan fingerprint density at radius 2 is 1.00 bits per heavy atom. The van der Waals surface area contributed by atoms with Gasteiger partial charge < -0.3 is 4.90 Å². The first-order valence-corrected chi connectivity index (χ1v) is 2.05. The number of hydrogen-bond donors (Lipinski definition) is 0. The molecular weight excluding hydrogens is 74.1 g/mol. The van der Waals surface area contributed by atoms with Gasteiger partial charge in [-0.3, -0.25) is 0 Å². The summed E-state index contributed by atoms with van der Waals surface area (Å²) in [5.41, 5.74) is 0. The molecule has 0 bridgehead atoms. The van der Waals surface area contributed by atoms with Gasteiger partial charge in [-0.25, -0.2) is 0 Å². The predicted molar refractivity (Wildman–Crippen MR) is 30.6 cm³/mol. The van der Waals surface area contributed by atoms with E-state index in [1.807, 2.05) is 26.0 Å². The highest BCUT2D eigenvalue weighted by Gasteiger charge is 1.58. The van der Waals surface area contributed by atoms with Gasteiger partial charge in [-0.2, -0.15) is 0 Å². The van der Waals surface area contributed by atoms with E-state index in [9.17, 15) is 0 Å². The SMILES string of the molecule is CN(C)C.[CH2]C. The maximum atomic E-state index is 3.25. The van der Waals surface area contributed by atoms with E-state index in [0.717, 1.165) is 0 Å². The summed E-state index contributed by atoms with van der Waals surface area (Å²) >= 11 is 0. The molecule has 0 aliphatic rings. The molecule has 0 saturated carbocycles. The summed E-state index contributed by atoms with van der Waals surface area (Å²) in [7, 11) is 6.00. The standard InChI is InChI=1S/C3H9N.C2H5/c1-4(2)3;1-2/h1-3H3;1H2,2H3. The lowest BCUT2D eigenvalue weighted by atomic mass is 11.0. The molecule has 39 valence electrons. The van der Waals surface area contributed by atoms with Crippen LogP contribution in [0.25, 0.3) is 0 Å². The summed E-state index contributed by atoms with van der Waals surface area (Å²) in [6, 6.07) is 0. The summed E-state index contributed by atoms with van der Waals surface area (Å²) in [5, 5.41) is 0. The predicted octanol–water partition coefficient (Wildman–Crippen LogP) is 1.02. The second kappa shape index (κ2) is 8.88. The van der Waals surface area contributed by atoms with Crippen molar-refractivity contribution in [1.82, 2.24) is 4.90 Å². The first-order chi connectivity index (χ1) is 2.73. The lowest BCUT2D eigenvalue weighted by Crippen LogP contribution is -1.99. The van der Waals surface area contributed by atoms with Crippen molar-refractivity contribution in [1.29, 1.82) is 0 Å². The third kappa shape index (κ3) is 21700. The van der Waals surface area contributed by atoms with Crippen LogP contribution in [0.4, 0.5) is 0 Å². The molecule has 0 atom stereocenters. The summed E-state index contributed by atoms with van der Waals surface area (Å²) in [6.07, 6.45) is 0. The van der Waals surface area contributed by atoms with Crippen LogP contribution in [-0.2, 0) is 0 Å². The summed E-state index contributed by atoms with van der Waals surface area (Å²) in [6.45, 7) is 5.00. The third-order valence-electron chi connectivity index (χ3n) is 0. The first kappa shape index (κ1) is 9.35. The van der Waals surface area contributed by atoms with Gasteiger partial charge in [0.05, 0.1) is 0 Å². The number of hydrogen-bond acceptors (Lipinski definition) is 1. The maximum Gasteiger partial charge on any atom is -0.0140 e. The Kier molecular flexibility index (Phi) is 13.8. The fourth-order valence-corrected chi connectivity index (χ4v) is 0. The molecule has 0 spiro atoms. The first-order valence-electron chi connectivity index (χ1n) is 2.05. The highest BCUT2D eigenvalue weighted by Crippen LogP contribution is 1.47. The van der Waals surface area contributed by atoms with Crippen LogP contribution in [0, 0.1) is 6.92 Å². The van der Waals surface area contributed by atoms with E-state index < -0.39 is 0 Å². The van der Waals surface area contributed by atoms with Crippen molar-refractivity contribution in [3.05, 3.63) is 6.92 Å². The van der Waals surface area contributed by atoms with Crippen molar-refractivity contribution < 1.29 is 0 Å². The summed E-state index contributed by atoms with van der Waals surface area (Å²) < 4.78 is 0.